The lowest BCUT2D eigenvalue weighted by molar-refractivity contribution is 0.402. The van der Waals surface area contributed by atoms with Crippen LogP contribution in [0.5, 0.6) is 0 Å². The second-order valence-electron chi connectivity index (χ2n) is 6.64. The van der Waals surface area contributed by atoms with E-state index in [1.807, 2.05) is 0 Å². The minimum atomic E-state index is 0.964. The summed E-state index contributed by atoms with van der Waals surface area (Å²) >= 11 is 0. The summed E-state index contributed by atoms with van der Waals surface area (Å²) in [5.41, 5.74) is 5.32. The maximum Gasteiger partial charge on any atom is 0.0620 e. The van der Waals surface area contributed by atoms with Crippen LogP contribution in [0.3, 0.4) is 0 Å². The van der Waals surface area contributed by atoms with Crippen LogP contribution in [0, 0.1) is 0 Å². The summed E-state index contributed by atoms with van der Waals surface area (Å²) in [5.74, 6) is 0. The summed E-state index contributed by atoms with van der Waals surface area (Å²) < 4.78 is 2.44. The summed E-state index contributed by atoms with van der Waals surface area (Å²) in [6.07, 6.45) is 0. The van der Waals surface area contributed by atoms with Gasteiger partial charge >= 0.3 is 0 Å². The fourth-order valence-corrected chi connectivity index (χ4v) is 3.94. The van der Waals surface area contributed by atoms with Gasteiger partial charge in [-0.1, -0.05) is 48.5 Å². The van der Waals surface area contributed by atoms with Crippen LogP contribution in [0.25, 0.3) is 38.1 Å². The quantitative estimate of drug-likeness (QED) is 0.450. The van der Waals surface area contributed by atoms with E-state index in [9.17, 15) is 0 Å². The van der Waals surface area contributed by atoms with E-state index in [1.165, 1.54) is 43.7 Å². The summed E-state index contributed by atoms with van der Waals surface area (Å²) in [6.45, 7) is 0.964. The summed E-state index contributed by atoms with van der Waals surface area (Å²) in [7, 11) is 4.23. The summed E-state index contributed by atoms with van der Waals surface area (Å²) in [5, 5.41) is 5.39. The molecule has 0 aliphatic rings. The molecule has 0 spiro atoms. The molecule has 0 saturated heterocycles. The molecule has 3 aromatic carbocycles. The standard InChI is InChI=1S/C21H18N2/c1-22(2)13-14-10-11-16-18-8-5-7-17-15-6-3-4-9-19(15)23(21(17)18)20(16)12-14/h3-12H,13H2,1-2H3. The van der Waals surface area contributed by atoms with E-state index in [4.69, 9.17) is 0 Å². The molecular weight excluding hydrogens is 280 g/mol. The van der Waals surface area contributed by atoms with Gasteiger partial charge in [0.1, 0.15) is 0 Å². The zero-order valence-corrected chi connectivity index (χ0v) is 13.4. The van der Waals surface area contributed by atoms with Crippen molar-refractivity contribution in [2.24, 2.45) is 0 Å². The van der Waals surface area contributed by atoms with E-state index in [0.29, 0.717) is 0 Å². The van der Waals surface area contributed by atoms with Crippen molar-refractivity contribution in [3.63, 3.8) is 0 Å². The molecule has 5 aromatic rings. The monoisotopic (exact) mass is 298 g/mol. The Bertz CT molecular complexity index is 1160. The number of aromatic nitrogens is 1. The molecule has 0 radical (unpaired) electrons. The van der Waals surface area contributed by atoms with Gasteiger partial charge in [0.05, 0.1) is 16.6 Å². The van der Waals surface area contributed by atoms with Gasteiger partial charge in [-0.3, -0.25) is 0 Å². The number of para-hydroxylation sites is 2. The van der Waals surface area contributed by atoms with Gasteiger partial charge < -0.3 is 9.30 Å². The van der Waals surface area contributed by atoms with Crippen LogP contribution in [0.4, 0.5) is 0 Å². The maximum atomic E-state index is 2.44. The van der Waals surface area contributed by atoms with Crippen LogP contribution in [-0.2, 0) is 6.54 Å². The zero-order chi connectivity index (χ0) is 15.6. The molecule has 0 unspecified atom stereocenters. The molecule has 2 heterocycles. The van der Waals surface area contributed by atoms with Crippen LogP contribution >= 0.6 is 0 Å². The molecular formula is C21H18N2. The highest BCUT2D eigenvalue weighted by atomic mass is 15.0. The predicted molar refractivity (Wildman–Crippen MR) is 98.5 cm³/mol. The number of hydrogen-bond donors (Lipinski definition) is 0. The van der Waals surface area contributed by atoms with Gasteiger partial charge in [0.2, 0.25) is 0 Å². The smallest absolute Gasteiger partial charge is 0.0620 e. The first-order valence-corrected chi connectivity index (χ1v) is 8.04. The third kappa shape index (κ3) is 1.67. The third-order valence-electron chi connectivity index (χ3n) is 4.79. The second-order valence-corrected chi connectivity index (χ2v) is 6.64. The molecule has 5 rings (SSSR count). The number of benzene rings is 3. The Morgan fingerprint density at radius 2 is 1.43 bits per heavy atom. The molecule has 2 nitrogen and oxygen atoms in total. The number of fused-ring (bicyclic) bond motifs is 6. The number of nitrogens with zero attached hydrogens (tertiary/aromatic N) is 2. The molecule has 0 aliphatic heterocycles. The Balaban J connectivity index is 2.02. The fourth-order valence-electron chi connectivity index (χ4n) is 3.94. The van der Waals surface area contributed by atoms with E-state index < -0.39 is 0 Å². The zero-order valence-electron chi connectivity index (χ0n) is 13.4. The van der Waals surface area contributed by atoms with E-state index in [-0.39, 0.29) is 0 Å². The first-order chi connectivity index (χ1) is 11.2. The fraction of sp³-hybridized carbons (Fsp3) is 0.143. The molecule has 0 aliphatic carbocycles. The van der Waals surface area contributed by atoms with Crippen molar-refractivity contribution in [3.05, 3.63) is 66.2 Å². The first kappa shape index (κ1) is 12.9. The van der Waals surface area contributed by atoms with Gasteiger partial charge in [-0.05, 0) is 31.8 Å². The minimum absolute atomic E-state index is 0.964. The van der Waals surface area contributed by atoms with Crippen molar-refractivity contribution >= 4 is 38.1 Å². The van der Waals surface area contributed by atoms with Crippen LogP contribution in [0.1, 0.15) is 5.56 Å². The Hall–Kier alpha value is -2.58. The Morgan fingerprint density at radius 1 is 0.739 bits per heavy atom. The minimum Gasteiger partial charge on any atom is -0.308 e. The van der Waals surface area contributed by atoms with Gasteiger partial charge in [-0.2, -0.15) is 0 Å². The van der Waals surface area contributed by atoms with E-state index in [0.717, 1.165) is 6.54 Å². The molecule has 0 saturated carbocycles. The Labute approximate surface area is 134 Å². The van der Waals surface area contributed by atoms with Crippen LogP contribution in [-0.4, -0.2) is 23.4 Å². The van der Waals surface area contributed by atoms with Crippen LogP contribution < -0.4 is 0 Å². The first-order valence-electron chi connectivity index (χ1n) is 8.04. The molecule has 2 heteroatoms. The third-order valence-corrected chi connectivity index (χ3v) is 4.79. The molecule has 112 valence electrons. The molecule has 0 amide bonds. The van der Waals surface area contributed by atoms with Gasteiger partial charge in [-0.15, -0.1) is 0 Å². The topological polar surface area (TPSA) is 7.65 Å². The van der Waals surface area contributed by atoms with Crippen molar-refractivity contribution in [2.75, 3.05) is 14.1 Å². The normalized spacial score (nSPS) is 12.5. The average molecular weight is 298 g/mol. The average Bonchev–Trinajstić information content (AvgIpc) is 3.05. The Morgan fingerprint density at radius 3 is 2.22 bits per heavy atom. The van der Waals surface area contributed by atoms with Crippen molar-refractivity contribution in [1.82, 2.24) is 9.30 Å². The van der Waals surface area contributed by atoms with E-state index >= 15 is 0 Å². The van der Waals surface area contributed by atoms with Gasteiger partial charge in [0.15, 0.2) is 0 Å². The summed E-state index contributed by atoms with van der Waals surface area (Å²) in [6, 6.07) is 22.3. The van der Waals surface area contributed by atoms with Crippen LogP contribution in [0.15, 0.2) is 60.7 Å². The molecule has 23 heavy (non-hydrogen) atoms. The summed E-state index contributed by atoms with van der Waals surface area (Å²) in [4.78, 5) is 2.22. The second kappa shape index (κ2) is 4.46. The highest BCUT2D eigenvalue weighted by molar-refractivity contribution is 6.23. The van der Waals surface area contributed by atoms with E-state index in [1.54, 1.807) is 0 Å². The molecule has 0 bridgehead atoms. The van der Waals surface area contributed by atoms with Crippen molar-refractivity contribution in [1.29, 1.82) is 0 Å². The number of rotatable bonds is 2. The van der Waals surface area contributed by atoms with Crippen molar-refractivity contribution in [3.8, 4) is 0 Å². The number of hydrogen-bond acceptors (Lipinski definition) is 1. The molecule has 0 atom stereocenters. The van der Waals surface area contributed by atoms with Gasteiger partial charge in [-0.25, -0.2) is 0 Å². The Kier molecular flexibility index (Phi) is 2.51. The maximum absolute atomic E-state index is 2.44. The highest BCUT2D eigenvalue weighted by Gasteiger charge is 2.16. The van der Waals surface area contributed by atoms with E-state index in [2.05, 4.69) is 84.1 Å². The predicted octanol–water partition coefficient (Wildman–Crippen LogP) is 4.90. The van der Waals surface area contributed by atoms with Gasteiger partial charge in [0.25, 0.3) is 0 Å². The van der Waals surface area contributed by atoms with Crippen molar-refractivity contribution < 1.29 is 0 Å². The van der Waals surface area contributed by atoms with Crippen LogP contribution in [0.2, 0.25) is 0 Å². The lowest BCUT2D eigenvalue weighted by Gasteiger charge is -2.09. The van der Waals surface area contributed by atoms with Gasteiger partial charge in [0, 0.05) is 28.1 Å². The van der Waals surface area contributed by atoms with Crippen molar-refractivity contribution in [2.45, 2.75) is 6.54 Å². The molecule has 0 fully saturated rings. The highest BCUT2D eigenvalue weighted by Crippen LogP contribution is 2.38. The lowest BCUT2D eigenvalue weighted by Crippen LogP contribution is -2.10. The molecule has 2 aromatic heterocycles. The lowest BCUT2D eigenvalue weighted by atomic mass is 10.1. The molecule has 0 N–H and O–H groups in total. The largest absolute Gasteiger partial charge is 0.308 e. The SMILES string of the molecule is CN(C)Cc1ccc2c3cccc4c5ccccc5n(c2c1)c43.